The Kier molecular flexibility index (Phi) is 7.72. The standard InChI is InChI=1S/C12H26N2O3/c1-4-15-12(16-5-2)10-14-6-7-17-11(9-14)8-13-3/h11-13H,4-10H2,1-3H3. The van der Waals surface area contributed by atoms with Gasteiger partial charge in [0.05, 0.1) is 12.7 Å². The maximum absolute atomic E-state index is 5.66. The minimum Gasteiger partial charge on any atom is -0.374 e. The quantitative estimate of drug-likeness (QED) is 0.624. The van der Waals surface area contributed by atoms with Gasteiger partial charge in [-0.15, -0.1) is 0 Å². The van der Waals surface area contributed by atoms with Crippen LogP contribution in [-0.4, -0.2) is 70.3 Å². The van der Waals surface area contributed by atoms with Crippen LogP contribution in [0.1, 0.15) is 13.8 Å². The molecule has 5 nitrogen and oxygen atoms in total. The maximum atomic E-state index is 5.66. The predicted molar refractivity (Wildman–Crippen MR) is 67.1 cm³/mol. The summed E-state index contributed by atoms with van der Waals surface area (Å²) in [6, 6.07) is 0. The lowest BCUT2D eigenvalue weighted by Crippen LogP contribution is -2.49. The van der Waals surface area contributed by atoms with Crippen molar-refractivity contribution in [2.75, 3.05) is 53.0 Å². The summed E-state index contributed by atoms with van der Waals surface area (Å²) in [6.45, 7) is 9.77. The molecule has 17 heavy (non-hydrogen) atoms. The molecule has 1 unspecified atom stereocenters. The maximum Gasteiger partial charge on any atom is 0.170 e. The third-order valence-electron chi connectivity index (χ3n) is 2.77. The van der Waals surface area contributed by atoms with E-state index in [2.05, 4.69) is 10.2 Å². The molecular formula is C12H26N2O3. The highest BCUT2D eigenvalue weighted by molar-refractivity contribution is 4.73. The van der Waals surface area contributed by atoms with E-state index in [-0.39, 0.29) is 12.4 Å². The monoisotopic (exact) mass is 246 g/mol. The summed E-state index contributed by atoms with van der Waals surface area (Å²) in [5.74, 6) is 0. The van der Waals surface area contributed by atoms with Gasteiger partial charge in [0, 0.05) is 39.4 Å². The number of rotatable bonds is 8. The van der Waals surface area contributed by atoms with Gasteiger partial charge < -0.3 is 19.5 Å². The first kappa shape index (κ1) is 14.9. The Morgan fingerprint density at radius 1 is 1.35 bits per heavy atom. The van der Waals surface area contributed by atoms with E-state index in [1.165, 1.54) is 0 Å². The van der Waals surface area contributed by atoms with Gasteiger partial charge in [-0.3, -0.25) is 4.90 Å². The van der Waals surface area contributed by atoms with Crippen molar-refractivity contribution in [2.45, 2.75) is 26.2 Å². The Morgan fingerprint density at radius 3 is 2.65 bits per heavy atom. The summed E-state index contributed by atoms with van der Waals surface area (Å²) in [4.78, 5) is 2.35. The molecule has 1 fully saturated rings. The molecule has 0 aromatic heterocycles. The van der Waals surface area contributed by atoms with E-state index in [9.17, 15) is 0 Å². The third-order valence-corrected chi connectivity index (χ3v) is 2.77. The number of hydrogen-bond acceptors (Lipinski definition) is 5. The molecule has 1 atom stereocenters. The molecule has 102 valence electrons. The van der Waals surface area contributed by atoms with Crippen LogP contribution < -0.4 is 5.32 Å². The average Bonchev–Trinajstić information content (AvgIpc) is 2.30. The van der Waals surface area contributed by atoms with Gasteiger partial charge in [0.15, 0.2) is 6.29 Å². The second-order valence-electron chi connectivity index (χ2n) is 4.15. The Balaban J connectivity index is 2.32. The zero-order valence-electron chi connectivity index (χ0n) is 11.3. The number of nitrogens with zero attached hydrogens (tertiary/aromatic N) is 1. The van der Waals surface area contributed by atoms with Crippen LogP contribution in [-0.2, 0) is 14.2 Å². The van der Waals surface area contributed by atoms with Gasteiger partial charge in [0.25, 0.3) is 0 Å². The zero-order chi connectivity index (χ0) is 12.5. The molecule has 0 aliphatic carbocycles. The molecule has 0 spiro atoms. The second kappa shape index (κ2) is 8.83. The highest BCUT2D eigenvalue weighted by atomic mass is 16.7. The first-order valence-corrected chi connectivity index (χ1v) is 6.51. The van der Waals surface area contributed by atoms with Gasteiger partial charge in [-0.05, 0) is 20.9 Å². The molecule has 0 aromatic carbocycles. The molecule has 0 radical (unpaired) electrons. The molecule has 0 saturated carbocycles. The Hall–Kier alpha value is -0.200. The van der Waals surface area contributed by atoms with Crippen molar-refractivity contribution in [2.24, 2.45) is 0 Å². The number of likely N-dealkylation sites (N-methyl/N-ethyl adjacent to an activating group) is 1. The average molecular weight is 246 g/mol. The fraction of sp³-hybridized carbons (Fsp3) is 1.00. The SMILES string of the molecule is CCOC(CN1CCOC(CNC)C1)OCC. The van der Waals surface area contributed by atoms with E-state index >= 15 is 0 Å². The van der Waals surface area contributed by atoms with E-state index in [1.807, 2.05) is 20.9 Å². The first-order chi connectivity index (χ1) is 8.30. The van der Waals surface area contributed by atoms with Gasteiger partial charge in [-0.2, -0.15) is 0 Å². The number of nitrogens with one attached hydrogen (secondary N) is 1. The summed E-state index contributed by atoms with van der Waals surface area (Å²) in [7, 11) is 1.95. The Labute approximate surface area is 104 Å². The topological polar surface area (TPSA) is 43.0 Å². The van der Waals surface area contributed by atoms with Gasteiger partial charge in [0.2, 0.25) is 0 Å². The van der Waals surface area contributed by atoms with Crippen LogP contribution in [0, 0.1) is 0 Å². The van der Waals surface area contributed by atoms with Gasteiger partial charge in [-0.25, -0.2) is 0 Å². The first-order valence-electron chi connectivity index (χ1n) is 6.51. The van der Waals surface area contributed by atoms with Crippen molar-refractivity contribution in [3.63, 3.8) is 0 Å². The van der Waals surface area contributed by atoms with Crippen molar-refractivity contribution in [3.05, 3.63) is 0 Å². The largest absolute Gasteiger partial charge is 0.374 e. The zero-order valence-corrected chi connectivity index (χ0v) is 11.3. The highest BCUT2D eigenvalue weighted by Gasteiger charge is 2.22. The molecule has 1 N–H and O–H groups in total. The normalized spacial score (nSPS) is 22.2. The van der Waals surface area contributed by atoms with Gasteiger partial charge >= 0.3 is 0 Å². The van der Waals surface area contributed by atoms with Crippen LogP contribution in [0.2, 0.25) is 0 Å². The smallest absolute Gasteiger partial charge is 0.170 e. The third kappa shape index (κ3) is 5.79. The van der Waals surface area contributed by atoms with Crippen LogP contribution in [0.3, 0.4) is 0 Å². The number of hydrogen-bond donors (Lipinski definition) is 1. The summed E-state index contributed by atoms with van der Waals surface area (Å²) in [6.07, 6.45) is 0.163. The van der Waals surface area contributed by atoms with E-state index in [0.29, 0.717) is 13.2 Å². The van der Waals surface area contributed by atoms with Crippen LogP contribution in [0.4, 0.5) is 0 Å². The summed E-state index contributed by atoms with van der Waals surface area (Å²) in [5, 5.41) is 3.15. The Bertz CT molecular complexity index is 185. The molecule has 1 aliphatic heterocycles. The minimum absolute atomic E-state index is 0.113. The predicted octanol–water partition coefficient (Wildman–Crippen LogP) is 0.306. The highest BCUT2D eigenvalue weighted by Crippen LogP contribution is 2.07. The van der Waals surface area contributed by atoms with Gasteiger partial charge in [0.1, 0.15) is 0 Å². The van der Waals surface area contributed by atoms with Crippen LogP contribution in [0.15, 0.2) is 0 Å². The van der Waals surface area contributed by atoms with Crippen molar-refractivity contribution in [1.82, 2.24) is 10.2 Å². The molecule has 5 heteroatoms. The molecule has 0 bridgehead atoms. The molecule has 1 aliphatic rings. The minimum atomic E-state index is -0.113. The second-order valence-corrected chi connectivity index (χ2v) is 4.15. The molecule has 1 saturated heterocycles. The lowest BCUT2D eigenvalue weighted by Gasteiger charge is -2.34. The Morgan fingerprint density at radius 2 is 2.06 bits per heavy atom. The van der Waals surface area contributed by atoms with Gasteiger partial charge in [-0.1, -0.05) is 0 Å². The van der Waals surface area contributed by atoms with Crippen molar-refractivity contribution < 1.29 is 14.2 Å². The van der Waals surface area contributed by atoms with E-state index in [0.717, 1.165) is 32.8 Å². The summed E-state index contributed by atoms with van der Waals surface area (Å²) in [5.41, 5.74) is 0. The van der Waals surface area contributed by atoms with Crippen molar-refractivity contribution in [1.29, 1.82) is 0 Å². The molecule has 0 amide bonds. The van der Waals surface area contributed by atoms with E-state index in [4.69, 9.17) is 14.2 Å². The summed E-state index contributed by atoms with van der Waals surface area (Å²) >= 11 is 0. The number of morpholine rings is 1. The van der Waals surface area contributed by atoms with E-state index < -0.39 is 0 Å². The van der Waals surface area contributed by atoms with Crippen molar-refractivity contribution >= 4 is 0 Å². The van der Waals surface area contributed by atoms with Crippen LogP contribution >= 0.6 is 0 Å². The number of ether oxygens (including phenoxy) is 3. The lowest BCUT2D eigenvalue weighted by molar-refractivity contribution is -0.156. The van der Waals surface area contributed by atoms with Crippen LogP contribution in [0.25, 0.3) is 0 Å². The summed E-state index contributed by atoms with van der Waals surface area (Å²) < 4.78 is 16.8. The fourth-order valence-corrected chi connectivity index (χ4v) is 2.03. The van der Waals surface area contributed by atoms with Crippen LogP contribution in [0.5, 0.6) is 0 Å². The molecule has 1 rings (SSSR count). The van der Waals surface area contributed by atoms with Crippen molar-refractivity contribution in [3.8, 4) is 0 Å². The van der Waals surface area contributed by atoms with E-state index in [1.54, 1.807) is 0 Å². The molecule has 0 aromatic rings. The molecular weight excluding hydrogens is 220 g/mol. The molecule has 1 heterocycles. The lowest BCUT2D eigenvalue weighted by atomic mass is 10.2. The fourth-order valence-electron chi connectivity index (χ4n) is 2.03.